The van der Waals surface area contributed by atoms with Gasteiger partial charge in [0.25, 0.3) is 0 Å². The highest BCUT2D eigenvalue weighted by atomic mass is 35.5. The van der Waals surface area contributed by atoms with Gasteiger partial charge in [-0.05, 0) is 54.8 Å². The number of aromatic nitrogens is 2. The molecule has 1 amide bonds. The molecular formula is C32H35ClN4O4. The fraction of sp³-hybridized carbons (Fsp3) is 0.312. The molecule has 1 atom stereocenters. The molecule has 4 aromatic rings. The van der Waals surface area contributed by atoms with Crippen molar-refractivity contribution in [2.45, 2.75) is 37.5 Å². The Balaban J connectivity index is 1.34. The van der Waals surface area contributed by atoms with Crippen molar-refractivity contribution in [2.24, 2.45) is 0 Å². The predicted octanol–water partition coefficient (Wildman–Crippen LogP) is 4.61. The van der Waals surface area contributed by atoms with Gasteiger partial charge >= 0.3 is 6.09 Å². The number of carbonyl (C=O) groups is 1. The minimum atomic E-state index is -1.07. The van der Waals surface area contributed by atoms with Gasteiger partial charge in [0.1, 0.15) is 5.69 Å². The van der Waals surface area contributed by atoms with Crippen LogP contribution >= 0.6 is 11.6 Å². The van der Waals surface area contributed by atoms with Crippen LogP contribution in [-0.2, 0) is 18.5 Å². The number of hydrogen-bond acceptors (Lipinski definition) is 6. The highest BCUT2D eigenvalue weighted by Gasteiger charge is 2.38. The third-order valence-corrected chi connectivity index (χ3v) is 8.00. The van der Waals surface area contributed by atoms with Crippen LogP contribution in [0.3, 0.4) is 0 Å². The van der Waals surface area contributed by atoms with Crippen molar-refractivity contribution in [3.8, 4) is 5.88 Å². The Hall–Kier alpha value is -3.69. The molecule has 41 heavy (non-hydrogen) atoms. The van der Waals surface area contributed by atoms with Gasteiger partial charge in [0.05, 0.1) is 25.6 Å². The van der Waals surface area contributed by atoms with Crippen molar-refractivity contribution in [3.63, 3.8) is 0 Å². The summed E-state index contributed by atoms with van der Waals surface area (Å²) in [5.74, 6) is 0.346. The monoisotopic (exact) mass is 574 g/mol. The summed E-state index contributed by atoms with van der Waals surface area (Å²) in [6, 6.07) is 28.9. The van der Waals surface area contributed by atoms with Crippen molar-refractivity contribution >= 4 is 17.7 Å². The number of amides is 1. The smallest absolute Gasteiger partial charge is 0.394 e. The minimum Gasteiger partial charge on any atom is -0.394 e. The first kappa shape index (κ1) is 28.8. The fourth-order valence-corrected chi connectivity index (χ4v) is 5.62. The van der Waals surface area contributed by atoms with Crippen LogP contribution < -0.4 is 10.1 Å². The lowest BCUT2D eigenvalue weighted by Gasteiger charge is -2.42. The SMILES string of the molecule is O=C(NCC(O)CO)Oc1c(CN2CCC(c3ccccc3)(c3ccccc3)CC2)ncn1Cc1ccc(Cl)cc1. The van der Waals surface area contributed by atoms with E-state index in [0.717, 1.165) is 31.5 Å². The molecule has 1 saturated heterocycles. The number of benzene rings is 3. The van der Waals surface area contributed by atoms with E-state index >= 15 is 0 Å². The van der Waals surface area contributed by atoms with Crippen LogP contribution in [0.2, 0.25) is 5.02 Å². The Morgan fingerprint density at radius 2 is 1.56 bits per heavy atom. The zero-order valence-electron chi connectivity index (χ0n) is 22.8. The van der Waals surface area contributed by atoms with Crippen molar-refractivity contribution < 1.29 is 19.7 Å². The van der Waals surface area contributed by atoms with E-state index in [4.69, 9.17) is 21.4 Å². The number of likely N-dealkylation sites (tertiary alicyclic amines) is 1. The van der Waals surface area contributed by atoms with Gasteiger partial charge in [-0.15, -0.1) is 0 Å². The number of nitrogens with zero attached hydrogens (tertiary/aromatic N) is 3. The molecule has 1 aliphatic rings. The molecule has 1 aliphatic heterocycles. The summed E-state index contributed by atoms with van der Waals surface area (Å²) >= 11 is 6.06. The highest BCUT2D eigenvalue weighted by molar-refractivity contribution is 6.30. The number of halogens is 1. The van der Waals surface area contributed by atoms with Crippen LogP contribution in [0, 0.1) is 0 Å². The molecule has 3 aromatic carbocycles. The van der Waals surface area contributed by atoms with Crippen LogP contribution in [0.5, 0.6) is 5.88 Å². The number of carbonyl (C=O) groups excluding carboxylic acids is 1. The quantitative estimate of drug-likeness (QED) is 0.256. The summed E-state index contributed by atoms with van der Waals surface area (Å²) in [5.41, 5.74) is 4.21. The number of ether oxygens (including phenoxy) is 1. The maximum Gasteiger partial charge on any atom is 0.414 e. The van der Waals surface area contributed by atoms with Gasteiger partial charge in [-0.2, -0.15) is 0 Å². The minimum absolute atomic E-state index is 0.0697. The van der Waals surface area contributed by atoms with E-state index in [1.54, 1.807) is 10.9 Å². The summed E-state index contributed by atoms with van der Waals surface area (Å²) < 4.78 is 7.53. The molecule has 214 valence electrons. The fourth-order valence-electron chi connectivity index (χ4n) is 5.49. The van der Waals surface area contributed by atoms with E-state index < -0.39 is 18.8 Å². The molecule has 3 N–H and O–H groups in total. The molecule has 9 heteroatoms. The normalized spacial score (nSPS) is 15.8. The maximum absolute atomic E-state index is 12.6. The van der Waals surface area contributed by atoms with Crippen LogP contribution in [0.4, 0.5) is 4.79 Å². The predicted molar refractivity (Wildman–Crippen MR) is 158 cm³/mol. The molecule has 0 spiro atoms. The van der Waals surface area contributed by atoms with E-state index in [2.05, 4.69) is 75.9 Å². The number of aliphatic hydroxyl groups excluding tert-OH is 2. The molecule has 5 rings (SSSR count). The van der Waals surface area contributed by atoms with Crippen molar-refractivity contribution in [1.82, 2.24) is 19.8 Å². The van der Waals surface area contributed by atoms with Gasteiger partial charge in [0.15, 0.2) is 0 Å². The number of imidazole rings is 1. The number of aliphatic hydroxyl groups is 2. The number of piperidine rings is 1. The van der Waals surface area contributed by atoms with Crippen LogP contribution in [0.15, 0.2) is 91.3 Å². The largest absolute Gasteiger partial charge is 0.414 e. The van der Waals surface area contributed by atoms with Gasteiger partial charge in [-0.3, -0.25) is 9.47 Å². The van der Waals surface area contributed by atoms with E-state index in [-0.39, 0.29) is 12.0 Å². The molecule has 0 aliphatic carbocycles. The topological polar surface area (TPSA) is 99.8 Å². The lowest BCUT2D eigenvalue weighted by Crippen LogP contribution is -2.43. The van der Waals surface area contributed by atoms with Crippen LogP contribution in [0.1, 0.15) is 35.2 Å². The van der Waals surface area contributed by atoms with E-state index in [1.807, 2.05) is 24.3 Å². The Morgan fingerprint density at radius 3 is 2.15 bits per heavy atom. The van der Waals surface area contributed by atoms with Crippen LogP contribution in [-0.4, -0.2) is 63.1 Å². The second-order valence-electron chi connectivity index (χ2n) is 10.4. The molecule has 1 fully saturated rings. The van der Waals surface area contributed by atoms with Gasteiger partial charge in [-0.1, -0.05) is 84.4 Å². The third-order valence-electron chi connectivity index (χ3n) is 7.74. The standard InChI is InChI=1S/C32H35ClN4O4/c33-27-13-11-24(12-14-27)20-37-23-35-29(30(37)41-31(40)34-19-28(39)22-38)21-36-17-15-32(16-18-36,25-7-3-1-4-8-25)26-9-5-2-6-10-26/h1-14,23,28,38-39H,15-22H2,(H,34,40). The Bertz CT molecular complexity index is 1360. The summed E-state index contributed by atoms with van der Waals surface area (Å²) in [5, 5.41) is 21.8. The second kappa shape index (κ2) is 13.3. The third kappa shape index (κ3) is 6.97. The summed E-state index contributed by atoms with van der Waals surface area (Å²) in [6.45, 7) is 2.09. The number of hydrogen-bond donors (Lipinski definition) is 3. The van der Waals surface area contributed by atoms with Gasteiger partial charge in [0, 0.05) is 23.5 Å². The lowest BCUT2D eigenvalue weighted by atomic mass is 9.68. The first-order chi connectivity index (χ1) is 20.0. The highest BCUT2D eigenvalue weighted by Crippen LogP contribution is 2.42. The summed E-state index contributed by atoms with van der Waals surface area (Å²) in [7, 11) is 0. The molecule has 0 radical (unpaired) electrons. The van der Waals surface area contributed by atoms with Crippen LogP contribution in [0.25, 0.3) is 0 Å². The molecule has 0 bridgehead atoms. The average molecular weight is 575 g/mol. The van der Waals surface area contributed by atoms with Gasteiger partial charge in [-0.25, -0.2) is 9.78 Å². The second-order valence-corrected chi connectivity index (χ2v) is 10.9. The first-order valence-electron chi connectivity index (χ1n) is 13.8. The lowest BCUT2D eigenvalue weighted by molar-refractivity contribution is 0.0934. The average Bonchev–Trinajstić information content (AvgIpc) is 3.38. The number of nitrogens with one attached hydrogen (secondary N) is 1. The van der Waals surface area contributed by atoms with E-state index in [1.165, 1.54) is 11.1 Å². The Morgan fingerprint density at radius 1 is 0.951 bits per heavy atom. The van der Waals surface area contributed by atoms with Crippen molar-refractivity contribution in [3.05, 3.63) is 119 Å². The zero-order valence-corrected chi connectivity index (χ0v) is 23.6. The maximum atomic E-state index is 12.6. The summed E-state index contributed by atoms with van der Waals surface area (Å²) in [6.07, 6.45) is 1.79. The number of rotatable bonds is 10. The summed E-state index contributed by atoms with van der Waals surface area (Å²) in [4.78, 5) is 19.6. The van der Waals surface area contributed by atoms with Gasteiger partial charge < -0.3 is 20.3 Å². The molecular weight excluding hydrogens is 540 g/mol. The molecule has 1 unspecified atom stereocenters. The van der Waals surface area contributed by atoms with Crippen molar-refractivity contribution in [2.75, 3.05) is 26.2 Å². The molecule has 0 saturated carbocycles. The zero-order chi connectivity index (χ0) is 28.7. The Kier molecular flexibility index (Phi) is 9.36. The van der Waals surface area contributed by atoms with E-state index in [9.17, 15) is 9.90 Å². The Labute approximate surface area is 245 Å². The molecule has 2 heterocycles. The molecule has 8 nitrogen and oxygen atoms in total. The van der Waals surface area contributed by atoms with Crippen molar-refractivity contribution in [1.29, 1.82) is 0 Å². The first-order valence-corrected chi connectivity index (χ1v) is 14.2. The van der Waals surface area contributed by atoms with Gasteiger partial charge in [0.2, 0.25) is 5.88 Å². The van der Waals surface area contributed by atoms with E-state index in [0.29, 0.717) is 29.7 Å². The molecule has 1 aromatic heterocycles.